The zero-order chi connectivity index (χ0) is 16.4. The molecule has 1 aromatic heterocycles. The number of unbranched alkanes of at least 4 members (excludes halogenated alkanes) is 1. The summed E-state index contributed by atoms with van der Waals surface area (Å²) < 4.78 is 4.60. The number of hydrogen-bond acceptors (Lipinski definition) is 5. The highest BCUT2D eigenvalue weighted by Gasteiger charge is 2.06. The van der Waals surface area contributed by atoms with Gasteiger partial charge in [-0.15, -0.1) is 35.3 Å². The minimum absolute atomic E-state index is 0. The summed E-state index contributed by atoms with van der Waals surface area (Å²) in [6.07, 6.45) is 2.16. The van der Waals surface area contributed by atoms with Gasteiger partial charge in [-0.3, -0.25) is 9.79 Å². The van der Waals surface area contributed by atoms with E-state index in [-0.39, 0.29) is 29.9 Å². The minimum atomic E-state index is -0.160. The van der Waals surface area contributed by atoms with Crippen molar-refractivity contribution in [2.24, 2.45) is 4.99 Å². The van der Waals surface area contributed by atoms with E-state index in [1.807, 2.05) is 0 Å². The first-order valence-electron chi connectivity index (χ1n) is 7.52. The van der Waals surface area contributed by atoms with Crippen LogP contribution < -0.4 is 10.6 Å². The van der Waals surface area contributed by atoms with Crippen molar-refractivity contribution in [1.82, 2.24) is 15.6 Å². The van der Waals surface area contributed by atoms with Gasteiger partial charge in [0, 0.05) is 25.4 Å². The summed E-state index contributed by atoms with van der Waals surface area (Å²) in [5.74, 6) is 1.05. The normalized spacial score (nSPS) is 11.1. The summed E-state index contributed by atoms with van der Waals surface area (Å²) >= 11 is 1.66. The number of thiazole rings is 1. The molecule has 0 aliphatic heterocycles. The average molecular weight is 454 g/mol. The van der Waals surface area contributed by atoms with E-state index in [4.69, 9.17) is 0 Å². The molecule has 0 aliphatic rings. The van der Waals surface area contributed by atoms with Crippen LogP contribution in [0.4, 0.5) is 0 Å². The lowest BCUT2D eigenvalue weighted by molar-refractivity contribution is -0.140. The molecule has 0 aliphatic carbocycles. The fourth-order valence-corrected chi connectivity index (χ4v) is 2.65. The largest absolute Gasteiger partial charge is 0.469 e. The topological polar surface area (TPSA) is 75.6 Å². The van der Waals surface area contributed by atoms with E-state index in [1.54, 1.807) is 18.4 Å². The lowest BCUT2D eigenvalue weighted by Gasteiger charge is -2.10. The van der Waals surface area contributed by atoms with Crippen molar-refractivity contribution in [2.45, 2.75) is 45.6 Å². The maximum Gasteiger partial charge on any atom is 0.305 e. The monoisotopic (exact) mass is 454 g/mol. The number of nitrogens with one attached hydrogen (secondary N) is 2. The van der Waals surface area contributed by atoms with Gasteiger partial charge in [-0.05, 0) is 18.8 Å². The zero-order valence-corrected chi connectivity index (χ0v) is 17.4. The van der Waals surface area contributed by atoms with Crippen LogP contribution in [0, 0.1) is 0 Å². The Bertz CT molecular complexity index is 492. The van der Waals surface area contributed by atoms with Gasteiger partial charge in [0.05, 0.1) is 19.3 Å². The fourth-order valence-electron chi connectivity index (χ4n) is 1.75. The third-order valence-electron chi connectivity index (χ3n) is 3.12. The maximum atomic E-state index is 11.0. The predicted octanol–water partition coefficient (Wildman–Crippen LogP) is 2.89. The molecular formula is C15H27IN4O2S. The minimum Gasteiger partial charge on any atom is -0.469 e. The Hall–Kier alpha value is -0.900. The van der Waals surface area contributed by atoms with Crippen LogP contribution in [-0.2, 0) is 16.1 Å². The molecular weight excluding hydrogens is 427 g/mol. The second kappa shape index (κ2) is 12.5. The van der Waals surface area contributed by atoms with E-state index in [1.165, 1.54) is 7.11 Å². The number of hydrogen-bond donors (Lipinski definition) is 2. The second-order valence-corrected chi connectivity index (χ2v) is 6.15. The quantitative estimate of drug-likeness (QED) is 0.208. The third-order valence-corrected chi connectivity index (χ3v) is 3.99. The number of halogens is 1. The van der Waals surface area contributed by atoms with Crippen molar-refractivity contribution < 1.29 is 9.53 Å². The number of carbonyl (C=O) groups is 1. The smallest absolute Gasteiger partial charge is 0.305 e. The summed E-state index contributed by atoms with van der Waals surface area (Å²) in [6.45, 7) is 5.72. The Labute approximate surface area is 159 Å². The van der Waals surface area contributed by atoms with Gasteiger partial charge in [-0.2, -0.15) is 0 Å². The SMILES string of the molecule is CN=C(NCCCCC(=O)OC)NCc1nc(C(C)C)cs1.I. The number of guanidine groups is 1. The Morgan fingerprint density at radius 3 is 2.70 bits per heavy atom. The van der Waals surface area contributed by atoms with Crippen molar-refractivity contribution >= 4 is 47.2 Å². The molecule has 1 heterocycles. The van der Waals surface area contributed by atoms with Gasteiger partial charge in [-0.1, -0.05) is 13.8 Å². The predicted molar refractivity (Wildman–Crippen MR) is 106 cm³/mol. The highest BCUT2D eigenvalue weighted by molar-refractivity contribution is 14.0. The molecule has 23 heavy (non-hydrogen) atoms. The molecule has 0 saturated carbocycles. The van der Waals surface area contributed by atoms with E-state index < -0.39 is 0 Å². The van der Waals surface area contributed by atoms with E-state index in [0.29, 0.717) is 18.9 Å². The molecule has 0 fully saturated rings. The molecule has 1 rings (SSSR count). The molecule has 0 amide bonds. The highest BCUT2D eigenvalue weighted by atomic mass is 127. The van der Waals surface area contributed by atoms with Gasteiger partial charge in [-0.25, -0.2) is 4.98 Å². The first-order valence-corrected chi connectivity index (χ1v) is 8.40. The number of esters is 1. The summed E-state index contributed by atoms with van der Waals surface area (Å²) in [6, 6.07) is 0. The Morgan fingerprint density at radius 2 is 2.13 bits per heavy atom. The van der Waals surface area contributed by atoms with Gasteiger partial charge in [0.2, 0.25) is 0 Å². The molecule has 0 spiro atoms. The maximum absolute atomic E-state index is 11.0. The second-order valence-electron chi connectivity index (χ2n) is 5.21. The summed E-state index contributed by atoms with van der Waals surface area (Å²) in [5.41, 5.74) is 1.13. The van der Waals surface area contributed by atoms with E-state index >= 15 is 0 Å². The Balaban J connectivity index is 0.00000484. The average Bonchev–Trinajstić information content (AvgIpc) is 2.98. The van der Waals surface area contributed by atoms with E-state index in [0.717, 1.165) is 36.0 Å². The van der Waals surface area contributed by atoms with Crippen LogP contribution >= 0.6 is 35.3 Å². The van der Waals surface area contributed by atoms with Crippen molar-refractivity contribution in [3.63, 3.8) is 0 Å². The molecule has 6 nitrogen and oxygen atoms in total. The molecule has 0 unspecified atom stereocenters. The van der Waals surface area contributed by atoms with Crippen LogP contribution in [0.5, 0.6) is 0 Å². The molecule has 0 saturated heterocycles. The van der Waals surface area contributed by atoms with Crippen LogP contribution in [0.25, 0.3) is 0 Å². The summed E-state index contributed by atoms with van der Waals surface area (Å²) in [5, 5.41) is 9.62. The van der Waals surface area contributed by atoms with Gasteiger partial charge in [0.1, 0.15) is 5.01 Å². The van der Waals surface area contributed by atoms with Crippen LogP contribution in [-0.4, -0.2) is 37.6 Å². The summed E-state index contributed by atoms with van der Waals surface area (Å²) in [7, 11) is 3.15. The molecule has 0 atom stereocenters. The number of methoxy groups -OCH3 is 1. The first kappa shape index (κ1) is 22.1. The van der Waals surface area contributed by atoms with Crippen LogP contribution in [0.3, 0.4) is 0 Å². The standard InChI is InChI=1S/C15H26N4O2S.HI/c1-11(2)12-10-22-13(19-12)9-18-15(16-3)17-8-6-5-7-14(20)21-4;/h10-11H,5-9H2,1-4H3,(H2,16,17,18);1H. The molecule has 0 radical (unpaired) electrons. The highest BCUT2D eigenvalue weighted by Crippen LogP contribution is 2.17. The number of aliphatic imine (C=N–C) groups is 1. The van der Waals surface area contributed by atoms with Crippen LogP contribution in [0.2, 0.25) is 0 Å². The van der Waals surface area contributed by atoms with Crippen molar-refractivity contribution in [2.75, 3.05) is 20.7 Å². The molecule has 2 N–H and O–H groups in total. The molecule has 8 heteroatoms. The molecule has 0 aromatic carbocycles. The summed E-state index contributed by atoms with van der Waals surface area (Å²) in [4.78, 5) is 19.7. The van der Waals surface area contributed by atoms with Crippen molar-refractivity contribution in [3.8, 4) is 0 Å². The lowest BCUT2D eigenvalue weighted by Crippen LogP contribution is -2.37. The number of rotatable bonds is 8. The number of nitrogens with zero attached hydrogens (tertiary/aromatic N) is 2. The molecule has 0 bridgehead atoms. The first-order chi connectivity index (χ1) is 10.6. The Morgan fingerprint density at radius 1 is 1.39 bits per heavy atom. The number of carbonyl (C=O) groups excluding carboxylic acids is 1. The van der Waals surface area contributed by atoms with Crippen molar-refractivity contribution in [3.05, 3.63) is 16.1 Å². The number of ether oxygens (including phenoxy) is 1. The number of aromatic nitrogens is 1. The van der Waals surface area contributed by atoms with Gasteiger partial charge < -0.3 is 15.4 Å². The van der Waals surface area contributed by atoms with Crippen LogP contribution in [0.1, 0.15) is 49.7 Å². The van der Waals surface area contributed by atoms with Crippen molar-refractivity contribution in [1.29, 1.82) is 0 Å². The van der Waals surface area contributed by atoms with E-state index in [2.05, 4.69) is 44.6 Å². The van der Waals surface area contributed by atoms with Gasteiger partial charge in [0.25, 0.3) is 0 Å². The lowest BCUT2D eigenvalue weighted by atomic mass is 10.2. The fraction of sp³-hybridized carbons (Fsp3) is 0.667. The van der Waals surface area contributed by atoms with E-state index in [9.17, 15) is 4.79 Å². The van der Waals surface area contributed by atoms with Gasteiger partial charge >= 0.3 is 5.97 Å². The van der Waals surface area contributed by atoms with Gasteiger partial charge in [0.15, 0.2) is 5.96 Å². The van der Waals surface area contributed by atoms with Crippen LogP contribution in [0.15, 0.2) is 10.4 Å². The molecule has 132 valence electrons. The Kier molecular flexibility index (Phi) is 12.0. The zero-order valence-electron chi connectivity index (χ0n) is 14.2. The third kappa shape index (κ3) is 9.09. The molecule has 1 aromatic rings.